The third kappa shape index (κ3) is 3.08. The summed E-state index contributed by atoms with van der Waals surface area (Å²) in [7, 11) is 0. The molecule has 1 aliphatic heterocycles. The minimum atomic E-state index is -0.134. The zero-order chi connectivity index (χ0) is 18.3. The number of carbonyl (C=O) groups excluding carboxylic acids is 1. The van der Waals surface area contributed by atoms with Crippen LogP contribution in [-0.2, 0) is 4.79 Å². The van der Waals surface area contributed by atoms with Crippen molar-refractivity contribution >= 4 is 55.1 Å². The molecule has 3 nitrogen and oxygen atoms in total. The van der Waals surface area contributed by atoms with Crippen LogP contribution in [0.3, 0.4) is 0 Å². The lowest BCUT2D eigenvalue weighted by Crippen LogP contribution is -2.03. The Morgan fingerprint density at radius 2 is 1.58 bits per heavy atom. The second kappa shape index (κ2) is 6.74. The molecule has 0 atom stereocenters. The van der Waals surface area contributed by atoms with E-state index in [0.29, 0.717) is 14.5 Å². The average molecular weight is 471 g/mol. The summed E-state index contributed by atoms with van der Waals surface area (Å²) in [5.41, 5.74) is 5.24. The van der Waals surface area contributed by atoms with Gasteiger partial charge in [0.25, 0.3) is 5.91 Å². The molecule has 0 unspecified atom stereocenters. The van der Waals surface area contributed by atoms with Gasteiger partial charge < -0.3 is 10.4 Å². The first kappa shape index (κ1) is 17.1. The molecular formula is C21H13Br2NO2. The van der Waals surface area contributed by atoms with Gasteiger partial charge >= 0.3 is 0 Å². The quantitative estimate of drug-likeness (QED) is 0.446. The lowest BCUT2D eigenvalue weighted by molar-refractivity contribution is -0.110. The highest BCUT2D eigenvalue weighted by atomic mass is 79.9. The van der Waals surface area contributed by atoms with E-state index in [2.05, 4.69) is 37.2 Å². The average Bonchev–Trinajstić information content (AvgIpc) is 2.95. The van der Waals surface area contributed by atoms with Crippen molar-refractivity contribution in [3.05, 3.63) is 80.7 Å². The third-order valence-corrected chi connectivity index (χ3v) is 5.47. The fourth-order valence-electron chi connectivity index (χ4n) is 2.98. The van der Waals surface area contributed by atoms with E-state index in [1.54, 1.807) is 12.1 Å². The molecule has 0 saturated carbocycles. The maximum absolute atomic E-state index is 12.5. The highest BCUT2D eigenvalue weighted by molar-refractivity contribution is 9.11. The topological polar surface area (TPSA) is 49.3 Å². The number of amides is 1. The van der Waals surface area contributed by atoms with Crippen molar-refractivity contribution in [2.45, 2.75) is 0 Å². The van der Waals surface area contributed by atoms with Gasteiger partial charge in [0.05, 0.1) is 8.95 Å². The SMILES string of the molecule is O=C1Nc2ccc(-c3ccccc3)cc2/C1=C\c1cc(Br)c(O)c(Br)c1. The molecular weight excluding hydrogens is 458 g/mol. The van der Waals surface area contributed by atoms with E-state index < -0.39 is 0 Å². The molecule has 1 heterocycles. The molecule has 3 aromatic carbocycles. The summed E-state index contributed by atoms with van der Waals surface area (Å²) in [4.78, 5) is 12.5. The summed E-state index contributed by atoms with van der Waals surface area (Å²) in [5.74, 6) is 0.000295. The van der Waals surface area contributed by atoms with E-state index in [9.17, 15) is 9.90 Å². The van der Waals surface area contributed by atoms with Gasteiger partial charge in [0.15, 0.2) is 0 Å². The third-order valence-electron chi connectivity index (χ3n) is 4.26. The summed E-state index contributed by atoms with van der Waals surface area (Å²) in [6.07, 6.45) is 1.82. The Kier molecular flexibility index (Phi) is 4.42. The Labute approximate surface area is 167 Å². The first-order chi connectivity index (χ1) is 12.5. The molecule has 0 aromatic heterocycles. The van der Waals surface area contributed by atoms with Crippen LogP contribution in [0.15, 0.2) is 69.6 Å². The predicted octanol–water partition coefficient (Wildman–Crippen LogP) is 6.08. The second-order valence-electron chi connectivity index (χ2n) is 5.97. The molecule has 0 radical (unpaired) electrons. The van der Waals surface area contributed by atoms with E-state index in [0.717, 1.165) is 27.9 Å². The van der Waals surface area contributed by atoms with Gasteiger partial charge in [-0.3, -0.25) is 4.79 Å². The smallest absolute Gasteiger partial charge is 0.256 e. The lowest BCUT2D eigenvalue weighted by Gasteiger charge is -2.06. The van der Waals surface area contributed by atoms with Gasteiger partial charge in [0, 0.05) is 16.8 Å². The van der Waals surface area contributed by atoms with Gasteiger partial charge in [-0.2, -0.15) is 0 Å². The molecule has 0 spiro atoms. The Bertz CT molecular complexity index is 1040. The van der Waals surface area contributed by atoms with Crippen LogP contribution in [0.5, 0.6) is 5.75 Å². The number of rotatable bonds is 2. The molecule has 4 rings (SSSR count). The second-order valence-corrected chi connectivity index (χ2v) is 7.68. The number of phenols is 1. The number of fused-ring (bicyclic) bond motifs is 1. The maximum Gasteiger partial charge on any atom is 0.256 e. The van der Waals surface area contributed by atoms with Crippen molar-refractivity contribution in [3.8, 4) is 16.9 Å². The number of halogens is 2. The van der Waals surface area contributed by atoms with Gasteiger partial charge in [-0.1, -0.05) is 36.4 Å². The number of phenolic OH excluding ortho intramolecular Hbond substituents is 1. The van der Waals surface area contributed by atoms with E-state index in [1.165, 1.54) is 0 Å². The number of benzene rings is 3. The molecule has 1 aliphatic rings. The number of anilines is 1. The molecule has 26 heavy (non-hydrogen) atoms. The fourth-order valence-corrected chi connectivity index (χ4v) is 4.20. The molecule has 0 fully saturated rings. The Balaban J connectivity index is 1.82. The largest absolute Gasteiger partial charge is 0.506 e. The van der Waals surface area contributed by atoms with Gasteiger partial charge in [0.1, 0.15) is 5.75 Å². The van der Waals surface area contributed by atoms with Crippen LogP contribution in [0.1, 0.15) is 11.1 Å². The molecule has 1 amide bonds. The van der Waals surface area contributed by atoms with Crippen molar-refractivity contribution < 1.29 is 9.90 Å². The first-order valence-corrected chi connectivity index (χ1v) is 9.52. The Morgan fingerprint density at radius 1 is 0.885 bits per heavy atom. The number of hydrogen-bond acceptors (Lipinski definition) is 2. The van der Waals surface area contributed by atoms with Gasteiger partial charge in [0.2, 0.25) is 0 Å². The Hall–Kier alpha value is -2.37. The van der Waals surface area contributed by atoms with Gasteiger partial charge in [-0.15, -0.1) is 0 Å². The van der Waals surface area contributed by atoms with Crippen molar-refractivity contribution in [3.63, 3.8) is 0 Å². The van der Waals surface area contributed by atoms with Crippen LogP contribution in [0.4, 0.5) is 5.69 Å². The van der Waals surface area contributed by atoms with Crippen LogP contribution in [0.2, 0.25) is 0 Å². The van der Waals surface area contributed by atoms with E-state index in [4.69, 9.17) is 0 Å². The van der Waals surface area contributed by atoms with Crippen LogP contribution in [-0.4, -0.2) is 11.0 Å². The molecule has 2 N–H and O–H groups in total. The Morgan fingerprint density at radius 3 is 2.27 bits per heavy atom. The maximum atomic E-state index is 12.5. The van der Waals surface area contributed by atoms with Crippen molar-refractivity contribution in [1.29, 1.82) is 0 Å². The van der Waals surface area contributed by atoms with Gasteiger partial charge in [-0.05, 0) is 78.9 Å². The standard InChI is InChI=1S/C21H13Br2NO2/c22-17-9-12(10-18(23)20(17)25)8-16-15-11-14(13-4-2-1-3-5-13)6-7-19(15)24-21(16)26/h1-11,25H,(H,24,26)/b16-8+. The summed E-state index contributed by atoms with van der Waals surface area (Å²) < 4.78 is 1.13. The van der Waals surface area contributed by atoms with E-state index in [1.807, 2.05) is 54.6 Å². The van der Waals surface area contributed by atoms with E-state index in [-0.39, 0.29) is 11.7 Å². The highest BCUT2D eigenvalue weighted by Crippen LogP contribution is 2.38. The molecule has 128 valence electrons. The van der Waals surface area contributed by atoms with Crippen LogP contribution < -0.4 is 5.32 Å². The summed E-state index contributed by atoms with van der Waals surface area (Å²) >= 11 is 6.65. The number of hydrogen-bond donors (Lipinski definition) is 2. The predicted molar refractivity (Wildman–Crippen MR) is 112 cm³/mol. The summed E-state index contributed by atoms with van der Waals surface area (Å²) in [6.45, 7) is 0. The van der Waals surface area contributed by atoms with Crippen molar-refractivity contribution in [2.75, 3.05) is 5.32 Å². The van der Waals surface area contributed by atoms with Crippen LogP contribution >= 0.6 is 31.9 Å². The molecule has 3 aromatic rings. The molecule has 0 bridgehead atoms. The minimum Gasteiger partial charge on any atom is -0.506 e. The normalized spacial score (nSPS) is 14.4. The molecule has 5 heteroatoms. The highest BCUT2D eigenvalue weighted by Gasteiger charge is 2.24. The monoisotopic (exact) mass is 469 g/mol. The van der Waals surface area contributed by atoms with E-state index >= 15 is 0 Å². The van der Waals surface area contributed by atoms with Crippen LogP contribution in [0, 0.1) is 0 Å². The summed E-state index contributed by atoms with van der Waals surface area (Å²) in [5, 5.41) is 12.8. The molecule has 0 saturated heterocycles. The van der Waals surface area contributed by atoms with Gasteiger partial charge in [-0.25, -0.2) is 0 Å². The first-order valence-electron chi connectivity index (χ1n) is 7.94. The number of nitrogens with one attached hydrogen (secondary N) is 1. The zero-order valence-electron chi connectivity index (χ0n) is 13.5. The molecule has 0 aliphatic carbocycles. The van der Waals surface area contributed by atoms with Crippen molar-refractivity contribution in [1.82, 2.24) is 0 Å². The minimum absolute atomic E-state index is 0.134. The zero-order valence-corrected chi connectivity index (χ0v) is 16.6. The number of aromatic hydroxyl groups is 1. The fraction of sp³-hybridized carbons (Fsp3) is 0. The summed E-state index contributed by atoms with van der Waals surface area (Å²) in [6, 6.07) is 19.6. The lowest BCUT2D eigenvalue weighted by atomic mass is 9.98. The van der Waals surface area contributed by atoms with Crippen LogP contribution in [0.25, 0.3) is 22.8 Å². The number of carbonyl (C=O) groups is 1. The van der Waals surface area contributed by atoms with Crippen molar-refractivity contribution in [2.24, 2.45) is 0 Å².